The minimum absolute atomic E-state index is 0.140. The van der Waals surface area contributed by atoms with Gasteiger partial charge in [0, 0.05) is 12.2 Å². The molecule has 2 N–H and O–H groups in total. The Balaban J connectivity index is 1.80. The predicted octanol–water partition coefficient (Wildman–Crippen LogP) is 1.16. The van der Waals surface area contributed by atoms with E-state index in [2.05, 4.69) is 27.4 Å². The fourth-order valence-electron chi connectivity index (χ4n) is 2.23. The van der Waals surface area contributed by atoms with Crippen LogP contribution in [0.3, 0.4) is 0 Å². The first kappa shape index (κ1) is 11.4. The zero-order valence-electron chi connectivity index (χ0n) is 10.2. The molecular weight excluding hydrogens is 232 g/mol. The Bertz CT molecular complexity index is 494. The van der Waals surface area contributed by atoms with Crippen LogP contribution in [-0.4, -0.2) is 40.9 Å². The summed E-state index contributed by atoms with van der Waals surface area (Å²) in [7, 11) is 0. The summed E-state index contributed by atoms with van der Waals surface area (Å²) in [4.78, 5) is 7.50. The van der Waals surface area contributed by atoms with Crippen LogP contribution in [0.4, 0.5) is 0 Å². The Labute approximate surface area is 105 Å². The number of ether oxygens (including phenoxy) is 1. The van der Waals surface area contributed by atoms with E-state index in [9.17, 15) is 0 Å². The van der Waals surface area contributed by atoms with Crippen molar-refractivity contribution in [3.63, 3.8) is 0 Å². The number of aromatic amines is 1. The van der Waals surface area contributed by atoms with Gasteiger partial charge < -0.3 is 19.6 Å². The fourth-order valence-corrected chi connectivity index (χ4v) is 2.23. The van der Waals surface area contributed by atoms with Crippen LogP contribution in [0.25, 0.3) is 11.5 Å². The van der Waals surface area contributed by atoms with Crippen molar-refractivity contribution in [2.45, 2.75) is 18.9 Å². The number of nitrogens with one attached hydrogen (secondary N) is 2. The SMILES string of the molecule is CCNC1COCC1c1nc(-c2ccc[nH]2)no1. The highest BCUT2D eigenvalue weighted by Gasteiger charge is 2.33. The Morgan fingerprint density at radius 2 is 2.44 bits per heavy atom. The molecule has 0 saturated carbocycles. The van der Waals surface area contributed by atoms with Crippen molar-refractivity contribution in [1.29, 1.82) is 0 Å². The standard InChI is InChI=1S/C12H16N4O2/c1-2-13-10-7-17-6-8(10)12-15-11(16-18-12)9-4-3-5-14-9/h3-5,8,10,13-14H,2,6-7H2,1H3. The number of hydrogen-bond acceptors (Lipinski definition) is 5. The lowest BCUT2D eigenvalue weighted by Gasteiger charge is -2.13. The Hall–Kier alpha value is -1.66. The van der Waals surface area contributed by atoms with E-state index in [-0.39, 0.29) is 12.0 Å². The zero-order valence-corrected chi connectivity index (χ0v) is 10.2. The molecule has 18 heavy (non-hydrogen) atoms. The Kier molecular flexibility index (Phi) is 3.12. The van der Waals surface area contributed by atoms with Gasteiger partial charge in [-0.2, -0.15) is 4.98 Å². The largest absolute Gasteiger partial charge is 0.379 e. The first-order valence-corrected chi connectivity index (χ1v) is 6.17. The number of nitrogens with zero attached hydrogens (tertiary/aromatic N) is 2. The van der Waals surface area contributed by atoms with Gasteiger partial charge in [-0.25, -0.2) is 0 Å². The van der Waals surface area contributed by atoms with E-state index < -0.39 is 0 Å². The molecule has 0 bridgehead atoms. The van der Waals surface area contributed by atoms with E-state index >= 15 is 0 Å². The van der Waals surface area contributed by atoms with E-state index in [4.69, 9.17) is 9.26 Å². The van der Waals surface area contributed by atoms with Crippen molar-refractivity contribution in [2.75, 3.05) is 19.8 Å². The van der Waals surface area contributed by atoms with Crippen molar-refractivity contribution in [1.82, 2.24) is 20.4 Å². The van der Waals surface area contributed by atoms with E-state index in [0.29, 0.717) is 24.9 Å². The van der Waals surface area contributed by atoms with Crippen molar-refractivity contribution < 1.29 is 9.26 Å². The molecule has 6 nitrogen and oxygen atoms in total. The van der Waals surface area contributed by atoms with Crippen LogP contribution in [0, 0.1) is 0 Å². The first-order chi connectivity index (χ1) is 8.88. The van der Waals surface area contributed by atoms with Crippen LogP contribution in [0.1, 0.15) is 18.7 Å². The molecule has 6 heteroatoms. The number of H-pyrrole nitrogens is 1. The monoisotopic (exact) mass is 248 g/mol. The smallest absolute Gasteiger partial charge is 0.234 e. The average Bonchev–Trinajstić information content (AvgIpc) is 3.10. The third-order valence-corrected chi connectivity index (χ3v) is 3.14. The van der Waals surface area contributed by atoms with Gasteiger partial charge in [0.25, 0.3) is 0 Å². The lowest BCUT2D eigenvalue weighted by Crippen LogP contribution is -2.34. The number of hydrogen-bond donors (Lipinski definition) is 2. The number of likely N-dealkylation sites (N-methyl/N-ethyl adjacent to an activating group) is 1. The van der Waals surface area contributed by atoms with Gasteiger partial charge in [-0.05, 0) is 18.7 Å². The van der Waals surface area contributed by atoms with Gasteiger partial charge in [0.2, 0.25) is 11.7 Å². The molecule has 2 aromatic rings. The summed E-state index contributed by atoms with van der Waals surface area (Å²) < 4.78 is 10.8. The summed E-state index contributed by atoms with van der Waals surface area (Å²) in [6.07, 6.45) is 1.84. The topological polar surface area (TPSA) is 76.0 Å². The lowest BCUT2D eigenvalue weighted by molar-refractivity contribution is 0.185. The van der Waals surface area contributed by atoms with Crippen LogP contribution in [-0.2, 0) is 4.74 Å². The van der Waals surface area contributed by atoms with Crippen molar-refractivity contribution in [3.8, 4) is 11.5 Å². The predicted molar refractivity (Wildman–Crippen MR) is 65.1 cm³/mol. The van der Waals surface area contributed by atoms with Gasteiger partial charge in [0.15, 0.2) is 0 Å². The summed E-state index contributed by atoms with van der Waals surface area (Å²) >= 11 is 0. The summed E-state index contributed by atoms with van der Waals surface area (Å²) in [6, 6.07) is 4.08. The fraction of sp³-hybridized carbons (Fsp3) is 0.500. The van der Waals surface area contributed by atoms with Crippen LogP contribution < -0.4 is 5.32 Å². The van der Waals surface area contributed by atoms with Gasteiger partial charge >= 0.3 is 0 Å². The van der Waals surface area contributed by atoms with Gasteiger partial charge in [-0.15, -0.1) is 0 Å². The van der Waals surface area contributed by atoms with Crippen molar-refractivity contribution >= 4 is 0 Å². The normalized spacial score (nSPS) is 23.6. The van der Waals surface area contributed by atoms with Crippen LogP contribution >= 0.6 is 0 Å². The van der Waals surface area contributed by atoms with Gasteiger partial charge in [-0.3, -0.25) is 0 Å². The molecule has 0 amide bonds. The van der Waals surface area contributed by atoms with E-state index in [1.807, 2.05) is 18.3 Å². The van der Waals surface area contributed by atoms with Crippen LogP contribution in [0.5, 0.6) is 0 Å². The second-order valence-corrected chi connectivity index (χ2v) is 4.35. The molecule has 2 unspecified atom stereocenters. The second-order valence-electron chi connectivity index (χ2n) is 4.35. The molecule has 96 valence electrons. The number of aromatic nitrogens is 3. The van der Waals surface area contributed by atoms with Crippen LogP contribution in [0.2, 0.25) is 0 Å². The molecule has 1 saturated heterocycles. The highest BCUT2D eigenvalue weighted by atomic mass is 16.5. The average molecular weight is 248 g/mol. The Morgan fingerprint density at radius 1 is 1.50 bits per heavy atom. The molecule has 0 radical (unpaired) electrons. The minimum atomic E-state index is 0.140. The summed E-state index contributed by atoms with van der Waals surface area (Å²) in [5.74, 6) is 1.38. The van der Waals surface area contributed by atoms with Gasteiger partial charge in [-0.1, -0.05) is 12.1 Å². The maximum atomic E-state index is 5.48. The molecule has 2 aromatic heterocycles. The Morgan fingerprint density at radius 3 is 3.22 bits per heavy atom. The quantitative estimate of drug-likeness (QED) is 0.849. The van der Waals surface area contributed by atoms with Crippen molar-refractivity contribution in [3.05, 3.63) is 24.2 Å². The summed E-state index contributed by atoms with van der Waals surface area (Å²) in [6.45, 7) is 4.30. The zero-order chi connectivity index (χ0) is 12.4. The molecule has 1 fully saturated rings. The summed E-state index contributed by atoms with van der Waals surface area (Å²) in [5.41, 5.74) is 0.865. The highest BCUT2D eigenvalue weighted by Crippen LogP contribution is 2.26. The highest BCUT2D eigenvalue weighted by molar-refractivity contribution is 5.47. The maximum Gasteiger partial charge on any atom is 0.234 e. The maximum absolute atomic E-state index is 5.48. The first-order valence-electron chi connectivity index (χ1n) is 6.17. The molecular formula is C12H16N4O2. The van der Waals surface area contributed by atoms with Crippen LogP contribution in [0.15, 0.2) is 22.9 Å². The van der Waals surface area contributed by atoms with Gasteiger partial charge in [0.1, 0.15) is 0 Å². The third kappa shape index (κ3) is 2.04. The molecule has 1 aliphatic rings. The van der Waals surface area contributed by atoms with E-state index in [0.717, 1.165) is 12.2 Å². The molecule has 0 aromatic carbocycles. The molecule has 3 heterocycles. The third-order valence-electron chi connectivity index (χ3n) is 3.14. The van der Waals surface area contributed by atoms with E-state index in [1.54, 1.807) is 0 Å². The molecule has 2 atom stereocenters. The van der Waals surface area contributed by atoms with Crippen molar-refractivity contribution in [2.24, 2.45) is 0 Å². The molecule has 1 aliphatic heterocycles. The summed E-state index contributed by atoms with van der Waals surface area (Å²) in [5, 5.41) is 7.37. The lowest BCUT2D eigenvalue weighted by atomic mass is 10.0. The minimum Gasteiger partial charge on any atom is -0.379 e. The second kappa shape index (κ2) is 4.91. The molecule has 0 aliphatic carbocycles. The van der Waals surface area contributed by atoms with E-state index in [1.165, 1.54) is 0 Å². The number of rotatable bonds is 4. The molecule has 3 rings (SSSR count). The molecule has 0 spiro atoms. The van der Waals surface area contributed by atoms with Gasteiger partial charge in [0.05, 0.1) is 24.8 Å².